The van der Waals surface area contributed by atoms with Crippen LogP contribution in [0.15, 0.2) is 28.7 Å². The lowest BCUT2D eigenvalue weighted by Crippen LogP contribution is -2.44. The van der Waals surface area contributed by atoms with Gasteiger partial charge < -0.3 is 5.32 Å². The average molecular weight is 336 g/mol. The summed E-state index contributed by atoms with van der Waals surface area (Å²) < 4.78 is 0.837. The summed E-state index contributed by atoms with van der Waals surface area (Å²) in [6, 6.07) is 7.49. The van der Waals surface area contributed by atoms with Gasteiger partial charge >= 0.3 is 0 Å². The van der Waals surface area contributed by atoms with Gasteiger partial charge in [0.1, 0.15) is 5.41 Å². The molecule has 0 saturated heterocycles. The first-order valence-electron chi connectivity index (χ1n) is 6.99. The number of nitrogens with one attached hydrogen (secondary N) is 1. The zero-order chi connectivity index (χ0) is 14.5. The molecule has 2 bridgehead atoms. The molecule has 1 aromatic carbocycles. The minimum absolute atomic E-state index is 0.116. The van der Waals surface area contributed by atoms with E-state index in [2.05, 4.69) is 21.2 Å². The second kappa shape index (κ2) is 4.42. The van der Waals surface area contributed by atoms with Crippen molar-refractivity contribution in [3.8, 4) is 0 Å². The van der Waals surface area contributed by atoms with E-state index < -0.39 is 5.41 Å². The normalized spacial score (nSPS) is 30.6. The monoisotopic (exact) mass is 335 g/mol. The number of anilines is 1. The van der Waals surface area contributed by atoms with Crippen LogP contribution in [-0.4, -0.2) is 11.7 Å². The lowest BCUT2D eigenvalue weighted by molar-refractivity contribution is -0.142. The molecule has 2 aliphatic carbocycles. The highest BCUT2D eigenvalue weighted by Crippen LogP contribution is 2.60. The van der Waals surface area contributed by atoms with Gasteiger partial charge in [0.15, 0.2) is 5.78 Å². The zero-order valence-electron chi connectivity index (χ0n) is 11.7. The SMILES string of the molecule is CC1(C)C(=O)[C@@]2(C(=O)Nc3ccccc3Br)CC[C@@H]1C2. The zero-order valence-corrected chi connectivity index (χ0v) is 13.3. The molecule has 0 radical (unpaired) electrons. The molecule has 2 atom stereocenters. The summed E-state index contributed by atoms with van der Waals surface area (Å²) in [6.45, 7) is 3.96. The van der Waals surface area contributed by atoms with Crippen LogP contribution in [0.25, 0.3) is 0 Å². The number of hydrogen-bond acceptors (Lipinski definition) is 2. The van der Waals surface area contributed by atoms with Crippen LogP contribution in [0.5, 0.6) is 0 Å². The van der Waals surface area contributed by atoms with Crippen LogP contribution in [-0.2, 0) is 9.59 Å². The highest BCUT2D eigenvalue weighted by Gasteiger charge is 2.65. The summed E-state index contributed by atoms with van der Waals surface area (Å²) in [5.74, 6) is 0.327. The van der Waals surface area contributed by atoms with Crippen molar-refractivity contribution in [3.63, 3.8) is 0 Å². The van der Waals surface area contributed by atoms with Crippen molar-refractivity contribution >= 4 is 33.3 Å². The summed E-state index contributed by atoms with van der Waals surface area (Å²) in [5, 5.41) is 2.93. The molecule has 0 heterocycles. The van der Waals surface area contributed by atoms with Gasteiger partial charge in [0.2, 0.25) is 5.91 Å². The Morgan fingerprint density at radius 3 is 2.65 bits per heavy atom. The molecular weight excluding hydrogens is 318 g/mol. The number of benzene rings is 1. The van der Waals surface area contributed by atoms with E-state index in [9.17, 15) is 9.59 Å². The highest BCUT2D eigenvalue weighted by molar-refractivity contribution is 9.10. The number of amides is 1. The Kier molecular flexibility index (Phi) is 3.05. The number of hydrogen-bond donors (Lipinski definition) is 1. The molecule has 1 aromatic rings. The molecule has 2 aliphatic rings. The van der Waals surface area contributed by atoms with Crippen LogP contribution in [0, 0.1) is 16.7 Å². The third-order valence-electron chi connectivity index (χ3n) is 5.11. The fourth-order valence-electron chi connectivity index (χ4n) is 3.78. The lowest BCUT2D eigenvalue weighted by Gasteiger charge is -2.32. The molecule has 3 nitrogen and oxygen atoms in total. The molecule has 1 N–H and O–H groups in total. The number of halogens is 1. The van der Waals surface area contributed by atoms with Gasteiger partial charge in [-0.1, -0.05) is 26.0 Å². The molecule has 0 aromatic heterocycles. The smallest absolute Gasteiger partial charge is 0.238 e. The van der Waals surface area contributed by atoms with Gasteiger partial charge in [-0.15, -0.1) is 0 Å². The van der Waals surface area contributed by atoms with Gasteiger partial charge in [-0.3, -0.25) is 9.59 Å². The molecular formula is C16H18BrNO2. The predicted molar refractivity (Wildman–Crippen MR) is 81.3 cm³/mol. The molecule has 0 unspecified atom stereocenters. The van der Waals surface area contributed by atoms with Crippen molar-refractivity contribution < 1.29 is 9.59 Å². The molecule has 0 aliphatic heterocycles. The Hall–Kier alpha value is -1.16. The fourth-order valence-corrected chi connectivity index (χ4v) is 4.17. The summed E-state index contributed by atoms with van der Waals surface area (Å²) in [5.41, 5.74) is -0.430. The number of rotatable bonds is 2. The maximum absolute atomic E-state index is 12.7. The van der Waals surface area contributed by atoms with Crippen molar-refractivity contribution in [2.45, 2.75) is 33.1 Å². The standard InChI is InChI=1S/C16H18BrNO2/c1-15(2)10-7-8-16(9-10,13(15)19)14(20)18-12-6-4-3-5-11(12)17/h3-6,10H,7-9H2,1-2H3,(H,18,20)/t10-,16-/m1/s1. The maximum atomic E-state index is 12.7. The minimum atomic E-state index is -0.802. The Morgan fingerprint density at radius 2 is 2.05 bits per heavy atom. The number of Topliss-reactive ketones (excluding diaryl/α,β-unsaturated/α-hetero) is 1. The van der Waals surface area contributed by atoms with Crippen LogP contribution in [0.1, 0.15) is 33.1 Å². The minimum Gasteiger partial charge on any atom is -0.324 e. The lowest BCUT2D eigenvalue weighted by atomic mass is 9.70. The first kappa shape index (κ1) is 13.8. The maximum Gasteiger partial charge on any atom is 0.238 e. The predicted octanol–water partition coefficient (Wildman–Crippen LogP) is 3.78. The second-order valence-corrected chi connectivity index (χ2v) is 7.36. The van der Waals surface area contributed by atoms with E-state index in [0.29, 0.717) is 18.8 Å². The number of para-hydroxylation sites is 1. The van der Waals surface area contributed by atoms with Crippen LogP contribution in [0.2, 0.25) is 0 Å². The van der Waals surface area contributed by atoms with E-state index in [0.717, 1.165) is 16.6 Å². The highest BCUT2D eigenvalue weighted by atomic mass is 79.9. The van der Waals surface area contributed by atoms with E-state index in [1.807, 2.05) is 38.1 Å². The topological polar surface area (TPSA) is 46.2 Å². The summed E-state index contributed by atoms with van der Waals surface area (Å²) >= 11 is 3.42. The van der Waals surface area contributed by atoms with Gasteiger partial charge in [0.25, 0.3) is 0 Å². The fraction of sp³-hybridized carbons (Fsp3) is 0.500. The molecule has 0 spiro atoms. The van der Waals surface area contributed by atoms with Gasteiger partial charge in [0, 0.05) is 9.89 Å². The second-order valence-electron chi connectivity index (χ2n) is 6.51. The first-order valence-corrected chi connectivity index (χ1v) is 7.78. The molecule has 106 valence electrons. The number of fused-ring (bicyclic) bond motifs is 2. The number of carbonyl (C=O) groups excluding carboxylic acids is 2. The third-order valence-corrected chi connectivity index (χ3v) is 5.80. The van der Waals surface area contributed by atoms with E-state index in [4.69, 9.17) is 0 Å². The molecule has 4 heteroatoms. The van der Waals surface area contributed by atoms with Crippen molar-refractivity contribution in [1.82, 2.24) is 0 Å². The molecule has 2 saturated carbocycles. The number of carbonyl (C=O) groups is 2. The van der Waals surface area contributed by atoms with Gasteiger partial charge in [-0.05, 0) is 53.2 Å². The third kappa shape index (κ3) is 1.77. The van der Waals surface area contributed by atoms with Crippen LogP contribution in [0.4, 0.5) is 5.69 Å². The Morgan fingerprint density at radius 1 is 1.35 bits per heavy atom. The summed E-state index contributed by atoms with van der Waals surface area (Å²) in [4.78, 5) is 25.3. The van der Waals surface area contributed by atoms with Crippen LogP contribution < -0.4 is 5.32 Å². The quantitative estimate of drug-likeness (QED) is 0.836. The van der Waals surface area contributed by atoms with Gasteiger partial charge in [0.05, 0.1) is 5.69 Å². The molecule has 20 heavy (non-hydrogen) atoms. The summed E-state index contributed by atoms with van der Waals surface area (Å²) in [7, 11) is 0. The van der Waals surface area contributed by atoms with E-state index >= 15 is 0 Å². The Bertz CT molecular complexity index is 596. The van der Waals surface area contributed by atoms with Crippen molar-refractivity contribution in [2.75, 3.05) is 5.32 Å². The van der Waals surface area contributed by atoms with Gasteiger partial charge in [-0.25, -0.2) is 0 Å². The van der Waals surface area contributed by atoms with Crippen LogP contribution >= 0.6 is 15.9 Å². The molecule has 3 rings (SSSR count). The summed E-state index contributed by atoms with van der Waals surface area (Å²) in [6.07, 6.45) is 2.37. The van der Waals surface area contributed by atoms with E-state index in [1.165, 1.54) is 0 Å². The van der Waals surface area contributed by atoms with Crippen molar-refractivity contribution in [1.29, 1.82) is 0 Å². The van der Waals surface area contributed by atoms with Crippen LogP contribution in [0.3, 0.4) is 0 Å². The number of ketones is 1. The first-order chi connectivity index (χ1) is 9.38. The Labute approximate surface area is 127 Å². The molecule has 1 amide bonds. The van der Waals surface area contributed by atoms with E-state index in [-0.39, 0.29) is 17.1 Å². The van der Waals surface area contributed by atoms with Gasteiger partial charge in [-0.2, -0.15) is 0 Å². The van der Waals surface area contributed by atoms with Crippen molar-refractivity contribution in [3.05, 3.63) is 28.7 Å². The molecule has 2 fully saturated rings. The van der Waals surface area contributed by atoms with Crippen molar-refractivity contribution in [2.24, 2.45) is 16.7 Å². The largest absolute Gasteiger partial charge is 0.324 e. The Balaban J connectivity index is 1.89. The average Bonchev–Trinajstić information content (AvgIpc) is 2.93. The van der Waals surface area contributed by atoms with E-state index in [1.54, 1.807) is 0 Å².